The Labute approximate surface area is 112 Å². The van der Waals surface area contributed by atoms with Gasteiger partial charge in [-0.25, -0.2) is 0 Å². The number of esters is 1. The Hall–Kier alpha value is -2.04. The maximum absolute atomic E-state index is 11.6. The van der Waals surface area contributed by atoms with E-state index in [2.05, 4.69) is 0 Å². The third-order valence-electron chi connectivity index (χ3n) is 3.14. The SMILES string of the molecule is CCOC(=O)CC1C(=O)CN1c1ccc(OC)cc1. The molecule has 5 nitrogen and oxygen atoms in total. The first-order chi connectivity index (χ1) is 9.15. The van der Waals surface area contributed by atoms with Crippen LogP contribution in [0.3, 0.4) is 0 Å². The molecule has 1 unspecified atom stereocenters. The van der Waals surface area contributed by atoms with E-state index in [9.17, 15) is 9.59 Å². The molecule has 1 aromatic carbocycles. The first-order valence-electron chi connectivity index (χ1n) is 6.24. The Morgan fingerprint density at radius 1 is 1.37 bits per heavy atom. The molecular formula is C14H17NO4. The predicted molar refractivity (Wildman–Crippen MR) is 70.4 cm³/mol. The van der Waals surface area contributed by atoms with Crippen LogP contribution >= 0.6 is 0 Å². The zero-order valence-electron chi connectivity index (χ0n) is 11.1. The lowest BCUT2D eigenvalue weighted by molar-refractivity contribution is -0.145. The van der Waals surface area contributed by atoms with Crippen molar-refractivity contribution in [2.75, 3.05) is 25.2 Å². The van der Waals surface area contributed by atoms with Crippen LogP contribution in [-0.4, -0.2) is 38.1 Å². The van der Waals surface area contributed by atoms with Crippen molar-refractivity contribution in [1.29, 1.82) is 0 Å². The maximum atomic E-state index is 11.6. The van der Waals surface area contributed by atoms with Crippen LogP contribution in [0, 0.1) is 0 Å². The Kier molecular flexibility index (Phi) is 4.04. The van der Waals surface area contributed by atoms with Gasteiger partial charge in [0.25, 0.3) is 0 Å². The van der Waals surface area contributed by atoms with Crippen molar-refractivity contribution < 1.29 is 19.1 Å². The van der Waals surface area contributed by atoms with E-state index in [1.807, 2.05) is 29.2 Å². The molecule has 102 valence electrons. The highest BCUT2D eigenvalue weighted by Crippen LogP contribution is 2.28. The molecule has 0 N–H and O–H groups in total. The smallest absolute Gasteiger partial charge is 0.308 e. The Morgan fingerprint density at radius 2 is 2.05 bits per heavy atom. The minimum Gasteiger partial charge on any atom is -0.497 e. The van der Waals surface area contributed by atoms with E-state index < -0.39 is 6.04 Å². The molecule has 1 aliphatic rings. The van der Waals surface area contributed by atoms with Crippen molar-refractivity contribution in [3.8, 4) is 5.75 Å². The highest BCUT2D eigenvalue weighted by atomic mass is 16.5. The van der Waals surface area contributed by atoms with Crippen LogP contribution in [0.2, 0.25) is 0 Å². The molecule has 1 saturated heterocycles. The summed E-state index contributed by atoms with van der Waals surface area (Å²) in [6.45, 7) is 2.43. The van der Waals surface area contributed by atoms with E-state index in [0.717, 1.165) is 11.4 Å². The number of Topliss-reactive ketones (excluding diaryl/α,β-unsaturated/α-hetero) is 1. The van der Waals surface area contributed by atoms with Gasteiger partial charge in [-0.1, -0.05) is 0 Å². The van der Waals surface area contributed by atoms with Gasteiger partial charge in [-0.05, 0) is 31.2 Å². The van der Waals surface area contributed by atoms with Gasteiger partial charge in [0.1, 0.15) is 11.8 Å². The summed E-state index contributed by atoms with van der Waals surface area (Å²) >= 11 is 0. The number of carbonyl (C=O) groups excluding carboxylic acids is 2. The van der Waals surface area contributed by atoms with Gasteiger partial charge in [0.2, 0.25) is 0 Å². The first-order valence-corrected chi connectivity index (χ1v) is 6.24. The van der Waals surface area contributed by atoms with Crippen LogP contribution in [-0.2, 0) is 14.3 Å². The molecule has 1 heterocycles. The fraction of sp³-hybridized carbons (Fsp3) is 0.429. The molecule has 1 aliphatic heterocycles. The molecule has 0 amide bonds. The van der Waals surface area contributed by atoms with Crippen molar-refractivity contribution in [2.45, 2.75) is 19.4 Å². The van der Waals surface area contributed by atoms with Crippen molar-refractivity contribution >= 4 is 17.4 Å². The number of benzene rings is 1. The highest BCUT2D eigenvalue weighted by Gasteiger charge is 2.39. The standard InChI is InChI=1S/C14H17NO4/c1-3-19-14(17)8-12-13(16)9-15(12)10-4-6-11(18-2)7-5-10/h4-7,12H,3,8-9H2,1-2H3. The number of methoxy groups -OCH3 is 1. The molecule has 1 atom stereocenters. The molecule has 2 rings (SSSR count). The molecule has 0 saturated carbocycles. The summed E-state index contributed by atoms with van der Waals surface area (Å²) < 4.78 is 9.96. The van der Waals surface area contributed by atoms with E-state index >= 15 is 0 Å². The summed E-state index contributed by atoms with van der Waals surface area (Å²) in [6.07, 6.45) is 0.110. The molecule has 1 fully saturated rings. The molecule has 0 radical (unpaired) electrons. The van der Waals surface area contributed by atoms with Gasteiger partial charge in [0.05, 0.1) is 26.7 Å². The maximum Gasteiger partial charge on any atom is 0.308 e. The second-order valence-electron chi connectivity index (χ2n) is 4.32. The van der Waals surface area contributed by atoms with Crippen LogP contribution in [0.15, 0.2) is 24.3 Å². The largest absolute Gasteiger partial charge is 0.497 e. The number of nitrogens with zero attached hydrogens (tertiary/aromatic N) is 1. The summed E-state index contributed by atoms with van der Waals surface area (Å²) in [6, 6.07) is 7.03. The van der Waals surface area contributed by atoms with Gasteiger partial charge < -0.3 is 14.4 Å². The zero-order chi connectivity index (χ0) is 13.8. The highest BCUT2D eigenvalue weighted by molar-refractivity contribution is 6.01. The Bertz CT molecular complexity index is 469. The topological polar surface area (TPSA) is 55.8 Å². The fourth-order valence-corrected chi connectivity index (χ4v) is 2.09. The summed E-state index contributed by atoms with van der Waals surface area (Å²) in [5, 5.41) is 0. The van der Waals surface area contributed by atoms with Gasteiger partial charge in [-0.2, -0.15) is 0 Å². The monoisotopic (exact) mass is 263 g/mol. The summed E-state index contributed by atoms with van der Waals surface area (Å²) in [5.41, 5.74) is 0.912. The zero-order valence-corrected chi connectivity index (χ0v) is 11.1. The number of ether oxygens (including phenoxy) is 2. The van der Waals surface area contributed by atoms with Crippen molar-refractivity contribution in [1.82, 2.24) is 0 Å². The van der Waals surface area contributed by atoms with Crippen molar-refractivity contribution in [3.63, 3.8) is 0 Å². The van der Waals surface area contributed by atoms with Crippen LogP contribution in [0.4, 0.5) is 5.69 Å². The second kappa shape index (κ2) is 5.73. The van der Waals surface area contributed by atoms with Gasteiger partial charge >= 0.3 is 5.97 Å². The lowest BCUT2D eigenvalue weighted by Crippen LogP contribution is -2.58. The number of hydrogen-bond donors (Lipinski definition) is 0. The number of carbonyl (C=O) groups is 2. The second-order valence-corrected chi connectivity index (χ2v) is 4.32. The average Bonchev–Trinajstić information content (AvgIpc) is 2.43. The molecule has 0 aliphatic carbocycles. The number of ketones is 1. The molecule has 19 heavy (non-hydrogen) atoms. The van der Waals surface area contributed by atoms with Gasteiger partial charge in [0, 0.05) is 5.69 Å². The van der Waals surface area contributed by atoms with Crippen LogP contribution < -0.4 is 9.64 Å². The minimum absolute atomic E-state index is 0.0730. The molecule has 1 aromatic rings. The number of anilines is 1. The van der Waals surface area contributed by atoms with Crippen LogP contribution in [0.25, 0.3) is 0 Å². The minimum atomic E-state index is -0.396. The molecule has 5 heteroatoms. The molecular weight excluding hydrogens is 246 g/mol. The molecule has 0 spiro atoms. The lowest BCUT2D eigenvalue weighted by Gasteiger charge is -2.40. The summed E-state index contributed by atoms with van der Waals surface area (Å²) in [7, 11) is 1.60. The molecule has 0 aromatic heterocycles. The Balaban J connectivity index is 2.03. The molecule has 0 bridgehead atoms. The van der Waals surface area contributed by atoms with Crippen molar-refractivity contribution in [3.05, 3.63) is 24.3 Å². The number of hydrogen-bond acceptors (Lipinski definition) is 5. The predicted octanol–water partition coefficient (Wildman–Crippen LogP) is 1.41. The van der Waals surface area contributed by atoms with E-state index in [4.69, 9.17) is 9.47 Å². The van der Waals surface area contributed by atoms with Crippen molar-refractivity contribution in [2.24, 2.45) is 0 Å². The fourth-order valence-electron chi connectivity index (χ4n) is 2.09. The summed E-state index contributed by atoms with van der Waals surface area (Å²) in [5.74, 6) is 0.500. The van der Waals surface area contributed by atoms with E-state index in [-0.39, 0.29) is 18.2 Å². The van der Waals surface area contributed by atoms with E-state index in [1.165, 1.54) is 0 Å². The quantitative estimate of drug-likeness (QED) is 0.752. The first kappa shape index (κ1) is 13.4. The van der Waals surface area contributed by atoms with E-state index in [1.54, 1.807) is 14.0 Å². The lowest BCUT2D eigenvalue weighted by atomic mass is 9.97. The van der Waals surface area contributed by atoms with Crippen LogP contribution in [0.1, 0.15) is 13.3 Å². The average molecular weight is 263 g/mol. The summed E-state index contributed by atoms with van der Waals surface area (Å²) in [4.78, 5) is 25.0. The Morgan fingerprint density at radius 3 is 2.58 bits per heavy atom. The van der Waals surface area contributed by atoms with Crippen LogP contribution in [0.5, 0.6) is 5.75 Å². The van der Waals surface area contributed by atoms with Gasteiger partial charge in [0.15, 0.2) is 5.78 Å². The normalized spacial score (nSPS) is 17.9. The number of rotatable bonds is 5. The van der Waals surface area contributed by atoms with Gasteiger partial charge in [-0.3, -0.25) is 9.59 Å². The third kappa shape index (κ3) is 2.86. The van der Waals surface area contributed by atoms with Gasteiger partial charge in [-0.15, -0.1) is 0 Å². The third-order valence-corrected chi connectivity index (χ3v) is 3.14. The van der Waals surface area contributed by atoms with E-state index in [0.29, 0.717) is 13.2 Å².